The second kappa shape index (κ2) is 4.05. The highest BCUT2D eigenvalue weighted by molar-refractivity contribution is 5.09. The third kappa shape index (κ3) is 2.00. The van der Waals surface area contributed by atoms with Crippen LogP contribution in [-0.4, -0.2) is 19.2 Å². The third-order valence-corrected chi connectivity index (χ3v) is 1.34. The van der Waals surface area contributed by atoms with Gasteiger partial charge in [-0.15, -0.1) is 0 Å². The molecule has 1 aromatic rings. The zero-order valence-electron chi connectivity index (χ0n) is 6.57. The molecule has 3 heteroatoms. The minimum Gasteiger partial charge on any atom is -0.352 e. The van der Waals surface area contributed by atoms with Crippen molar-refractivity contribution in [1.29, 1.82) is 0 Å². The summed E-state index contributed by atoms with van der Waals surface area (Å²) in [5, 5.41) is 0. The van der Waals surface area contributed by atoms with E-state index in [1.54, 1.807) is 26.5 Å². The van der Waals surface area contributed by atoms with Gasteiger partial charge in [0.15, 0.2) is 6.29 Å². The smallest absolute Gasteiger partial charge is 0.184 e. The molecule has 1 aromatic heterocycles. The average Bonchev–Trinajstić information content (AvgIpc) is 2.09. The molecule has 0 aliphatic heterocycles. The largest absolute Gasteiger partial charge is 0.352 e. The Kier molecular flexibility index (Phi) is 3.01. The molecular weight excluding hydrogens is 142 g/mol. The van der Waals surface area contributed by atoms with Gasteiger partial charge < -0.3 is 9.47 Å². The number of nitrogens with zero attached hydrogens (tertiary/aromatic N) is 1. The van der Waals surface area contributed by atoms with E-state index in [2.05, 4.69) is 11.2 Å². The number of pyridine rings is 1. The molecule has 59 valence electrons. The number of hydrogen-bond donors (Lipinski definition) is 0. The molecule has 0 aromatic carbocycles. The Labute approximate surface area is 66.0 Å². The minimum atomic E-state index is -0.322. The fraction of sp³-hybridized carbons (Fsp3) is 0.375. The van der Waals surface area contributed by atoms with Gasteiger partial charge in [-0.1, -0.05) is 6.07 Å². The van der Waals surface area contributed by atoms with Gasteiger partial charge in [-0.3, -0.25) is 4.98 Å². The average molecular weight is 152 g/mol. The fourth-order valence-electron chi connectivity index (χ4n) is 0.839. The summed E-state index contributed by atoms with van der Waals surface area (Å²) in [5.74, 6) is 0. The lowest BCUT2D eigenvalue weighted by Crippen LogP contribution is -2.03. The van der Waals surface area contributed by atoms with Crippen LogP contribution in [-0.2, 0) is 9.47 Å². The maximum absolute atomic E-state index is 5.01. The van der Waals surface area contributed by atoms with E-state index < -0.39 is 0 Å². The predicted molar refractivity (Wildman–Crippen MR) is 39.8 cm³/mol. The Morgan fingerprint density at radius 1 is 1.45 bits per heavy atom. The van der Waals surface area contributed by atoms with Crippen molar-refractivity contribution >= 4 is 0 Å². The molecule has 0 amide bonds. The summed E-state index contributed by atoms with van der Waals surface area (Å²) >= 11 is 0. The quantitative estimate of drug-likeness (QED) is 0.609. The highest BCUT2D eigenvalue weighted by Gasteiger charge is 2.06. The number of hydrogen-bond acceptors (Lipinski definition) is 3. The topological polar surface area (TPSA) is 31.4 Å². The molecule has 0 saturated heterocycles. The van der Waals surface area contributed by atoms with Gasteiger partial charge in [-0.05, 0) is 6.07 Å². The highest BCUT2D eigenvalue weighted by atomic mass is 16.7. The molecule has 1 rings (SSSR count). The van der Waals surface area contributed by atoms with Gasteiger partial charge in [0.25, 0.3) is 0 Å². The monoisotopic (exact) mass is 152 g/mol. The van der Waals surface area contributed by atoms with Gasteiger partial charge >= 0.3 is 0 Å². The lowest BCUT2D eigenvalue weighted by Gasteiger charge is -2.11. The van der Waals surface area contributed by atoms with Crippen LogP contribution in [0.1, 0.15) is 11.9 Å². The Morgan fingerprint density at radius 2 is 2.18 bits per heavy atom. The second-order valence-electron chi connectivity index (χ2n) is 2.02. The Morgan fingerprint density at radius 3 is 2.64 bits per heavy atom. The molecule has 0 aliphatic rings. The first kappa shape index (κ1) is 8.17. The summed E-state index contributed by atoms with van der Waals surface area (Å²) in [5.41, 5.74) is 0.897. The summed E-state index contributed by atoms with van der Waals surface area (Å²) in [6.45, 7) is 0. The van der Waals surface area contributed by atoms with Crippen LogP contribution in [0, 0.1) is 6.20 Å². The molecule has 1 heterocycles. The van der Waals surface area contributed by atoms with Crippen LogP contribution in [0.15, 0.2) is 18.3 Å². The number of rotatable bonds is 3. The number of ether oxygens (including phenoxy) is 2. The number of aromatic nitrogens is 1. The van der Waals surface area contributed by atoms with Crippen molar-refractivity contribution in [1.82, 2.24) is 4.98 Å². The van der Waals surface area contributed by atoms with E-state index in [1.807, 2.05) is 6.07 Å². The molecule has 0 atom stereocenters. The Bertz CT molecular complexity index is 197. The third-order valence-electron chi connectivity index (χ3n) is 1.34. The number of methoxy groups -OCH3 is 2. The molecular formula is C8H10NO2. The molecule has 0 saturated carbocycles. The van der Waals surface area contributed by atoms with E-state index in [0.717, 1.165) is 5.56 Å². The van der Waals surface area contributed by atoms with Gasteiger partial charge in [0.1, 0.15) is 0 Å². The summed E-state index contributed by atoms with van der Waals surface area (Å²) in [6, 6.07) is 3.57. The zero-order chi connectivity index (χ0) is 8.10. The first-order chi connectivity index (χ1) is 5.38. The van der Waals surface area contributed by atoms with E-state index in [0.29, 0.717) is 0 Å². The van der Waals surface area contributed by atoms with Crippen molar-refractivity contribution in [3.8, 4) is 0 Å². The summed E-state index contributed by atoms with van der Waals surface area (Å²) < 4.78 is 10.0. The molecule has 3 nitrogen and oxygen atoms in total. The predicted octanol–water partition coefficient (Wildman–Crippen LogP) is 1.17. The second-order valence-corrected chi connectivity index (χ2v) is 2.02. The summed E-state index contributed by atoms with van der Waals surface area (Å²) in [6.07, 6.45) is 4.02. The fourth-order valence-corrected chi connectivity index (χ4v) is 0.839. The molecule has 0 N–H and O–H groups in total. The van der Waals surface area contributed by atoms with Gasteiger partial charge in [0.05, 0.1) is 6.20 Å². The van der Waals surface area contributed by atoms with Crippen LogP contribution in [0.4, 0.5) is 0 Å². The van der Waals surface area contributed by atoms with Crippen molar-refractivity contribution in [2.45, 2.75) is 6.29 Å². The van der Waals surface area contributed by atoms with Gasteiger partial charge in [0.2, 0.25) is 0 Å². The molecule has 0 fully saturated rings. The van der Waals surface area contributed by atoms with Gasteiger partial charge in [-0.2, -0.15) is 0 Å². The van der Waals surface area contributed by atoms with Crippen LogP contribution >= 0.6 is 0 Å². The SMILES string of the molecule is COC(OC)c1cc[c]nc1. The maximum atomic E-state index is 5.01. The Balaban J connectivity index is 2.74. The van der Waals surface area contributed by atoms with Crippen molar-refractivity contribution in [3.05, 3.63) is 30.1 Å². The molecule has 1 radical (unpaired) electrons. The minimum absolute atomic E-state index is 0.322. The molecule has 0 bridgehead atoms. The van der Waals surface area contributed by atoms with Gasteiger partial charge in [-0.25, -0.2) is 0 Å². The summed E-state index contributed by atoms with van der Waals surface area (Å²) in [4.78, 5) is 3.82. The first-order valence-electron chi connectivity index (χ1n) is 3.26. The van der Waals surface area contributed by atoms with E-state index in [4.69, 9.17) is 9.47 Å². The lowest BCUT2D eigenvalue weighted by atomic mass is 10.3. The van der Waals surface area contributed by atoms with E-state index in [1.165, 1.54) is 0 Å². The van der Waals surface area contributed by atoms with Gasteiger partial charge in [0, 0.05) is 26.0 Å². The molecule has 0 unspecified atom stereocenters. The van der Waals surface area contributed by atoms with Crippen molar-refractivity contribution in [2.24, 2.45) is 0 Å². The van der Waals surface area contributed by atoms with Crippen LogP contribution in [0.25, 0.3) is 0 Å². The summed E-state index contributed by atoms with van der Waals surface area (Å²) in [7, 11) is 3.18. The zero-order valence-corrected chi connectivity index (χ0v) is 6.57. The lowest BCUT2D eigenvalue weighted by molar-refractivity contribution is -0.106. The maximum Gasteiger partial charge on any atom is 0.184 e. The first-order valence-corrected chi connectivity index (χ1v) is 3.26. The standard InChI is InChI=1S/C8H10NO2/c1-10-8(11-2)7-4-3-5-9-6-7/h3-4,6,8H,1-2H3. The normalized spacial score (nSPS) is 10.5. The molecule has 0 aliphatic carbocycles. The van der Waals surface area contributed by atoms with E-state index in [-0.39, 0.29) is 6.29 Å². The van der Waals surface area contributed by atoms with Crippen molar-refractivity contribution < 1.29 is 9.47 Å². The van der Waals surface area contributed by atoms with Crippen LogP contribution in [0.3, 0.4) is 0 Å². The van der Waals surface area contributed by atoms with Crippen LogP contribution in [0.5, 0.6) is 0 Å². The van der Waals surface area contributed by atoms with Crippen LogP contribution < -0.4 is 0 Å². The van der Waals surface area contributed by atoms with Crippen molar-refractivity contribution in [3.63, 3.8) is 0 Å². The molecule has 11 heavy (non-hydrogen) atoms. The molecule has 0 spiro atoms. The van der Waals surface area contributed by atoms with E-state index >= 15 is 0 Å². The van der Waals surface area contributed by atoms with Crippen molar-refractivity contribution in [2.75, 3.05) is 14.2 Å². The Hall–Kier alpha value is -0.930. The van der Waals surface area contributed by atoms with E-state index in [9.17, 15) is 0 Å². The van der Waals surface area contributed by atoms with Crippen LogP contribution in [0.2, 0.25) is 0 Å². The highest BCUT2D eigenvalue weighted by Crippen LogP contribution is 2.14.